The first kappa shape index (κ1) is 13.4. The van der Waals surface area contributed by atoms with Gasteiger partial charge in [0, 0.05) is 13.1 Å². The van der Waals surface area contributed by atoms with E-state index in [-0.39, 0.29) is 5.02 Å². The van der Waals surface area contributed by atoms with Crippen LogP contribution < -0.4 is 0 Å². The maximum Gasteiger partial charge on any atom is 0.141 e. The Morgan fingerprint density at radius 2 is 2.06 bits per heavy atom. The highest BCUT2D eigenvalue weighted by molar-refractivity contribution is 6.30. The second-order valence-electron chi connectivity index (χ2n) is 4.73. The molecule has 16 heavy (non-hydrogen) atoms. The number of benzene rings is 1. The van der Waals surface area contributed by atoms with Crippen LogP contribution in [-0.4, -0.2) is 29.2 Å². The van der Waals surface area contributed by atoms with Gasteiger partial charge in [0.2, 0.25) is 0 Å². The van der Waals surface area contributed by atoms with E-state index < -0.39 is 11.4 Å². The number of hydrogen-bond acceptors (Lipinski definition) is 2. The van der Waals surface area contributed by atoms with Gasteiger partial charge >= 0.3 is 0 Å². The van der Waals surface area contributed by atoms with Crippen LogP contribution in [-0.2, 0) is 6.54 Å². The summed E-state index contributed by atoms with van der Waals surface area (Å²) in [6, 6.07) is 4.66. The summed E-state index contributed by atoms with van der Waals surface area (Å²) in [5, 5.41) is 9.77. The first-order valence-corrected chi connectivity index (χ1v) is 5.50. The summed E-state index contributed by atoms with van der Waals surface area (Å²) in [5.41, 5.74) is 0.191. The minimum Gasteiger partial charge on any atom is -0.389 e. The molecule has 0 fully saturated rings. The zero-order chi connectivity index (χ0) is 12.3. The van der Waals surface area contributed by atoms with E-state index in [4.69, 9.17) is 11.6 Å². The lowest BCUT2D eigenvalue weighted by atomic mass is 10.1. The molecule has 0 unspecified atom stereocenters. The van der Waals surface area contributed by atoms with E-state index in [2.05, 4.69) is 0 Å². The van der Waals surface area contributed by atoms with Crippen molar-refractivity contribution in [3.8, 4) is 0 Å². The summed E-state index contributed by atoms with van der Waals surface area (Å²) in [5.74, 6) is -0.407. The molecule has 0 amide bonds. The fourth-order valence-electron chi connectivity index (χ4n) is 1.67. The molecule has 1 aromatic rings. The Morgan fingerprint density at radius 3 is 2.56 bits per heavy atom. The molecule has 0 bridgehead atoms. The Labute approximate surface area is 101 Å². The van der Waals surface area contributed by atoms with Gasteiger partial charge in [-0.1, -0.05) is 17.7 Å². The van der Waals surface area contributed by atoms with Crippen molar-refractivity contribution in [1.82, 2.24) is 4.90 Å². The molecule has 2 nitrogen and oxygen atoms in total. The maximum absolute atomic E-state index is 12.9. The van der Waals surface area contributed by atoms with Gasteiger partial charge in [0.1, 0.15) is 5.82 Å². The minimum absolute atomic E-state index is 0.133. The van der Waals surface area contributed by atoms with Crippen molar-refractivity contribution >= 4 is 11.6 Å². The van der Waals surface area contributed by atoms with Gasteiger partial charge in [-0.15, -0.1) is 0 Å². The summed E-state index contributed by atoms with van der Waals surface area (Å²) >= 11 is 5.69. The fourth-order valence-corrected chi connectivity index (χ4v) is 1.87. The predicted octanol–water partition coefficient (Wildman–Crippen LogP) is 2.68. The third kappa shape index (κ3) is 4.47. The molecule has 0 saturated carbocycles. The minimum atomic E-state index is -0.738. The highest BCUT2D eigenvalue weighted by Crippen LogP contribution is 2.17. The zero-order valence-electron chi connectivity index (χ0n) is 9.80. The lowest BCUT2D eigenvalue weighted by Crippen LogP contribution is -2.35. The topological polar surface area (TPSA) is 23.5 Å². The maximum atomic E-state index is 12.9. The monoisotopic (exact) mass is 245 g/mol. The smallest absolute Gasteiger partial charge is 0.141 e. The predicted molar refractivity (Wildman–Crippen MR) is 64.0 cm³/mol. The summed E-state index contributed by atoms with van der Waals surface area (Å²) in [6.45, 7) is 4.67. The molecular weight excluding hydrogens is 229 g/mol. The second-order valence-corrected chi connectivity index (χ2v) is 5.14. The van der Waals surface area contributed by atoms with Crippen LogP contribution in [0.2, 0.25) is 5.02 Å². The molecule has 0 atom stereocenters. The van der Waals surface area contributed by atoms with Crippen molar-refractivity contribution in [2.45, 2.75) is 26.0 Å². The van der Waals surface area contributed by atoms with Gasteiger partial charge in [-0.3, -0.25) is 4.90 Å². The van der Waals surface area contributed by atoms with Gasteiger partial charge in [0.05, 0.1) is 10.6 Å². The van der Waals surface area contributed by atoms with Crippen LogP contribution in [0.25, 0.3) is 0 Å². The molecule has 1 rings (SSSR count). The number of nitrogens with zero attached hydrogens (tertiary/aromatic N) is 1. The Kier molecular flexibility index (Phi) is 4.30. The molecule has 90 valence electrons. The average molecular weight is 246 g/mol. The molecule has 0 radical (unpaired) electrons. The van der Waals surface area contributed by atoms with Crippen molar-refractivity contribution in [3.63, 3.8) is 0 Å². The Morgan fingerprint density at radius 1 is 1.44 bits per heavy atom. The van der Waals surface area contributed by atoms with Crippen molar-refractivity contribution in [2.75, 3.05) is 13.6 Å². The Balaban J connectivity index is 2.63. The number of aliphatic hydroxyl groups is 1. The SMILES string of the molecule is CN(Cc1ccc(F)c(Cl)c1)CC(C)(C)O. The molecule has 0 saturated heterocycles. The molecule has 0 aliphatic heterocycles. The molecule has 1 N–H and O–H groups in total. The van der Waals surface area contributed by atoms with Crippen molar-refractivity contribution in [1.29, 1.82) is 0 Å². The van der Waals surface area contributed by atoms with E-state index in [0.29, 0.717) is 13.1 Å². The molecule has 0 heterocycles. The number of likely N-dealkylation sites (N-methyl/N-ethyl adjacent to an activating group) is 1. The summed E-state index contributed by atoms with van der Waals surface area (Å²) in [6.07, 6.45) is 0. The van der Waals surface area contributed by atoms with Gasteiger partial charge in [0.15, 0.2) is 0 Å². The molecule has 0 spiro atoms. The van der Waals surface area contributed by atoms with Crippen molar-refractivity contribution in [3.05, 3.63) is 34.6 Å². The van der Waals surface area contributed by atoms with Gasteiger partial charge in [-0.05, 0) is 38.6 Å². The van der Waals surface area contributed by atoms with Gasteiger partial charge in [0.25, 0.3) is 0 Å². The standard InChI is InChI=1S/C12H17ClFNO/c1-12(2,16)8-15(3)7-9-4-5-11(14)10(13)6-9/h4-6,16H,7-8H2,1-3H3. The van der Waals surface area contributed by atoms with Crippen LogP contribution in [0.1, 0.15) is 19.4 Å². The summed E-state index contributed by atoms with van der Waals surface area (Å²) in [7, 11) is 1.90. The molecule has 4 heteroatoms. The second kappa shape index (κ2) is 5.13. The zero-order valence-corrected chi connectivity index (χ0v) is 10.6. The average Bonchev–Trinajstić information content (AvgIpc) is 2.08. The first-order valence-electron chi connectivity index (χ1n) is 5.13. The van der Waals surface area contributed by atoms with Crippen LogP contribution in [0.5, 0.6) is 0 Å². The molecular formula is C12H17ClFNO. The number of rotatable bonds is 4. The van der Waals surface area contributed by atoms with Crippen LogP contribution >= 0.6 is 11.6 Å². The van der Waals surface area contributed by atoms with Gasteiger partial charge in [-0.2, -0.15) is 0 Å². The molecule has 1 aromatic carbocycles. The van der Waals surface area contributed by atoms with Crippen LogP contribution in [0.15, 0.2) is 18.2 Å². The third-order valence-electron chi connectivity index (χ3n) is 2.09. The van der Waals surface area contributed by atoms with E-state index in [1.54, 1.807) is 26.0 Å². The van der Waals surface area contributed by atoms with Crippen LogP contribution in [0, 0.1) is 5.82 Å². The number of hydrogen-bond donors (Lipinski definition) is 1. The fraction of sp³-hybridized carbons (Fsp3) is 0.500. The summed E-state index contributed by atoms with van der Waals surface area (Å²) in [4.78, 5) is 1.96. The molecule has 0 aliphatic carbocycles. The van der Waals surface area contributed by atoms with Crippen molar-refractivity contribution in [2.24, 2.45) is 0 Å². The lowest BCUT2D eigenvalue weighted by molar-refractivity contribution is 0.0425. The van der Waals surface area contributed by atoms with E-state index in [1.807, 2.05) is 11.9 Å². The van der Waals surface area contributed by atoms with E-state index in [1.165, 1.54) is 6.07 Å². The largest absolute Gasteiger partial charge is 0.389 e. The molecule has 0 aromatic heterocycles. The summed E-state index contributed by atoms with van der Waals surface area (Å²) < 4.78 is 12.9. The van der Waals surface area contributed by atoms with Crippen LogP contribution in [0.3, 0.4) is 0 Å². The van der Waals surface area contributed by atoms with E-state index >= 15 is 0 Å². The molecule has 0 aliphatic rings. The normalized spacial score (nSPS) is 12.2. The highest BCUT2D eigenvalue weighted by Gasteiger charge is 2.15. The van der Waals surface area contributed by atoms with Gasteiger partial charge < -0.3 is 5.11 Å². The lowest BCUT2D eigenvalue weighted by Gasteiger charge is -2.25. The Hall–Kier alpha value is -0.640. The Bertz CT molecular complexity index is 363. The van der Waals surface area contributed by atoms with Crippen molar-refractivity contribution < 1.29 is 9.50 Å². The van der Waals surface area contributed by atoms with Gasteiger partial charge in [-0.25, -0.2) is 4.39 Å². The van der Waals surface area contributed by atoms with Crippen LogP contribution in [0.4, 0.5) is 4.39 Å². The number of halogens is 2. The quantitative estimate of drug-likeness (QED) is 0.882. The third-order valence-corrected chi connectivity index (χ3v) is 2.38. The van der Waals surface area contributed by atoms with E-state index in [9.17, 15) is 9.50 Å². The highest BCUT2D eigenvalue weighted by atomic mass is 35.5. The van der Waals surface area contributed by atoms with E-state index in [0.717, 1.165) is 5.56 Å². The first-order chi connectivity index (χ1) is 7.28.